The molecule has 0 radical (unpaired) electrons. The number of fused-ring (bicyclic) bond motifs is 1. The number of hydrogen-bond donors (Lipinski definition) is 0. The van der Waals surface area contributed by atoms with Crippen LogP contribution in [0.3, 0.4) is 0 Å². The van der Waals surface area contributed by atoms with Gasteiger partial charge in [0.2, 0.25) is 0 Å². The van der Waals surface area contributed by atoms with Crippen molar-refractivity contribution in [3.8, 4) is 5.69 Å². The van der Waals surface area contributed by atoms with E-state index in [0.717, 1.165) is 35.8 Å². The molecule has 24 heavy (non-hydrogen) atoms. The smallest absolute Gasteiger partial charge is 0.193 e. The molecule has 5 heteroatoms. The summed E-state index contributed by atoms with van der Waals surface area (Å²) in [6.07, 6.45) is 1.68. The SMILES string of the molecule is Cc1cc2c(cn1)c(=O)cc(N1CCOCC1)n2-c1ccccc1. The minimum absolute atomic E-state index is 0.00572. The Morgan fingerprint density at radius 2 is 1.83 bits per heavy atom. The van der Waals surface area contributed by atoms with Gasteiger partial charge in [-0.1, -0.05) is 18.2 Å². The summed E-state index contributed by atoms with van der Waals surface area (Å²) in [6.45, 7) is 4.86. The predicted octanol–water partition coefficient (Wildman–Crippen LogP) is 2.53. The monoisotopic (exact) mass is 321 g/mol. The lowest BCUT2D eigenvalue weighted by atomic mass is 10.2. The highest BCUT2D eigenvalue weighted by molar-refractivity contribution is 5.83. The first-order valence-corrected chi connectivity index (χ1v) is 8.14. The van der Waals surface area contributed by atoms with E-state index >= 15 is 0 Å². The molecule has 0 unspecified atom stereocenters. The third-order valence-electron chi connectivity index (χ3n) is 4.36. The van der Waals surface area contributed by atoms with Gasteiger partial charge in [0.15, 0.2) is 5.43 Å². The van der Waals surface area contributed by atoms with Crippen LogP contribution >= 0.6 is 0 Å². The van der Waals surface area contributed by atoms with Crippen LogP contribution in [0.5, 0.6) is 0 Å². The van der Waals surface area contributed by atoms with E-state index in [9.17, 15) is 4.79 Å². The number of rotatable bonds is 2. The van der Waals surface area contributed by atoms with E-state index in [1.165, 1.54) is 0 Å². The van der Waals surface area contributed by atoms with Crippen LogP contribution in [0, 0.1) is 6.92 Å². The van der Waals surface area contributed by atoms with Crippen molar-refractivity contribution in [1.82, 2.24) is 9.55 Å². The third-order valence-corrected chi connectivity index (χ3v) is 4.36. The highest BCUT2D eigenvalue weighted by Gasteiger charge is 2.18. The molecule has 1 fully saturated rings. The molecule has 0 aliphatic carbocycles. The van der Waals surface area contributed by atoms with Gasteiger partial charge in [-0.3, -0.25) is 14.3 Å². The predicted molar refractivity (Wildman–Crippen MR) is 95.1 cm³/mol. The van der Waals surface area contributed by atoms with Crippen molar-refractivity contribution in [2.45, 2.75) is 6.92 Å². The van der Waals surface area contributed by atoms with E-state index in [0.29, 0.717) is 18.6 Å². The number of aryl methyl sites for hydroxylation is 1. The van der Waals surface area contributed by atoms with E-state index in [4.69, 9.17) is 4.74 Å². The molecule has 0 N–H and O–H groups in total. The van der Waals surface area contributed by atoms with Crippen molar-refractivity contribution in [2.75, 3.05) is 31.2 Å². The summed E-state index contributed by atoms with van der Waals surface area (Å²) in [7, 11) is 0. The fourth-order valence-corrected chi connectivity index (χ4v) is 3.18. The first-order chi connectivity index (χ1) is 11.7. The Labute approximate surface area is 140 Å². The molecule has 0 atom stereocenters. The van der Waals surface area contributed by atoms with Crippen molar-refractivity contribution >= 4 is 16.7 Å². The Kier molecular flexibility index (Phi) is 3.78. The number of pyridine rings is 2. The lowest BCUT2D eigenvalue weighted by Gasteiger charge is -2.31. The van der Waals surface area contributed by atoms with Crippen molar-refractivity contribution < 1.29 is 4.74 Å². The molecule has 1 saturated heterocycles. The average Bonchev–Trinajstić information content (AvgIpc) is 2.63. The van der Waals surface area contributed by atoms with Gasteiger partial charge in [-0.25, -0.2) is 0 Å². The molecular formula is C19H19N3O2. The van der Waals surface area contributed by atoms with Gasteiger partial charge in [0.1, 0.15) is 5.82 Å². The van der Waals surface area contributed by atoms with Crippen LogP contribution in [0.15, 0.2) is 53.5 Å². The minimum atomic E-state index is 0.00572. The van der Waals surface area contributed by atoms with E-state index in [1.54, 1.807) is 12.3 Å². The molecule has 1 aromatic carbocycles. The molecule has 1 aliphatic heterocycles. The number of morpholine rings is 1. The quantitative estimate of drug-likeness (QED) is 0.728. The van der Waals surface area contributed by atoms with Crippen molar-refractivity contribution in [2.24, 2.45) is 0 Å². The van der Waals surface area contributed by atoms with Gasteiger partial charge < -0.3 is 9.64 Å². The standard InChI is InChI=1S/C19H19N3O2/c1-14-11-17-16(13-20-14)18(23)12-19(21-7-9-24-10-8-21)22(17)15-5-3-2-4-6-15/h2-6,11-13H,7-10H2,1H3. The molecule has 2 aromatic heterocycles. The number of hydrogen-bond acceptors (Lipinski definition) is 4. The molecular weight excluding hydrogens is 302 g/mol. The van der Waals surface area contributed by atoms with Crippen LogP contribution in [-0.4, -0.2) is 35.9 Å². The van der Waals surface area contributed by atoms with Crippen LogP contribution < -0.4 is 10.3 Å². The van der Waals surface area contributed by atoms with Crippen LogP contribution in [0.4, 0.5) is 5.82 Å². The number of anilines is 1. The van der Waals surface area contributed by atoms with Gasteiger partial charge in [-0.15, -0.1) is 0 Å². The first kappa shape index (κ1) is 14.9. The summed E-state index contributed by atoms with van der Waals surface area (Å²) in [5.74, 6) is 0.910. The normalized spacial score (nSPS) is 15.0. The van der Waals surface area contributed by atoms with Crippen molar-refractivity contribution in [1.29, 1.82) is 0 Å². The van der Waals surface area contributed by atoms with Gasteiger partial charge in [0, 0.05) is 36.7 Å². The number of ether oxygens (including phenoxy) is 1. The van der Waals surface area contributed by atoms with Crippen LogP contribution in [-0.2, 0) is 4.74 Å². The fourth-order valence-electron chi connectivity index (χ4n) is 3.18. The molecule has 5 nitrogen and oxygen atoms in total. The Balaban J connectivity index is 2.05. The first-order valence-electron chi connectivity index (χ1n) is 8.14. The molecule has 1 aliphatic rings. The Morgan fingerprint density at radius 1 is 1.08 bits per heavy atom. The Morgan fingerprint density at radius 3 is 2.58 bits per heavy atom. The number of aromatic nitrogens is 2. The number of nitrogens with zero attached hydrogens (tertiary/aromatic N) is 3. The molecule has 122 valence electrons. The zero-order valence-electron chi connectivity index (χ0n) is 13.6. The van der Waals surface area contributed by atoms with E-state index in [-0.39, 0.29) is 5.43 Å². The number of para-hydroxylation sites is 1. The van der Waals surface area contributed by atoms with E-state index in [1.807, 2.05) is 31.2 Å². The molecule has 0 saturated carbocycles. The number of benzene rings is 1. The van der Waals surface area contributed by atoms with Crippen LogP contribution in [0.1, 0.15) is 5.69 Å². The van der Waals surface area contributed by atoms with Crippen LogP contribution in [0.2, 0.25) is 0 Å². The maximum atomic E-state index is 12.6. The summed E-state index contributed by atoms with van der Waals surface area (Å²) < 4.78 is 7.61. The second-order valence-electron chi connectivity index (χ2n) is 5.98. The average molecular weight is 321 g/mol. The van der Waals surface area contributed by atoms with E-state index in [2.05, 4.69) is 26.6 Å². The Hall–Kier alpha value is -2.66. The van der Waals surface area contributed by atoms with Gasteiger partial charge >= 0.3 is 0 Å². The second-order valence-corrected chi connectivity index (χ2v) is 5.98. The molecule has 4 rings (SSSR count). The van der Waals surface area contributed by atoms with E-state index < -0.39 is 0 Å². The zero-order valence-corrected chi connectivity index (χ0v) is 13.6. The van der Waals surface area contributed by atoms with Gasteiger partial charge in [0.25, 0.3) is 0 Å². The second kappa shape index (κ2) is 6.09. The molecule has 0 bridgehead atoms. The summed E-state index contributed by atoms with van der Waals surface area (Å²) >= 11 is 0. The summed E-state index contributed by atoms with van der Waals surface area (Å²) in [4.78, 5) is 19.1. The molecule has 0 spiro atoms. The van der Waals surface area contributed by atoms with Gasteiger partial charge in [-0.05, 0) is 25.1 Å². The maximum Gasteiger partial charge on any atom is 0.193 e. The highest BCUT2D eigenvalue weighted by atomic mass is 16.5. The lowest BCUT2D eigenvalue weighted by molar-refractivity contribution is 0.122. The highest BCUT2D eigenvalue weighted by Crippen LogP contribution is 2.25. The summed E-state index contributed by atoms with van der Waals surface area (Å²) in [6, 6.07) is 13.8. The largest absolute Gasteiger partial charge is 0.378 e. The summed E-state index contributed by atoms with van der Waals surface area (Å²) in [5, 5.41) is 0.640. The molecule has 3 heterocycles. The van der Waals surface area contributed by atoms with Gasteiger partial charge in [-0.2, -0.15) is 0 Å². The fraction of sp³-hybridized carbons (Fsp3) is 0.263. The van der Waals surface area contributed by atoms with Gasteiger partial charge in [0.05, 0.1) is 24.1 Å². The lowest BCUT2D eigenvalue weighted by Crippen LogP contribution is -2.38. The van der Waals surface area contributed by atoms with Crippen LogP contribution in [0.25, 0.3) is 16.6 Å². The van der Waals surface area contributed by atoms with Crippen molar-refractivity contribution in [3.05, 3.63) is 64.6 Å². The minimum Gasteiger partial charge on any atom is -0.378 e. The third kappa shape index (κ3) is 2.57. The molecule has 3 aromatic rings. The Bertz CT molecular complexity index is 928. The zero-order chi connectivity index (χ0) is 16.5. The molecule has 0 amide bonds. The summed E-state index contributed by atoms with van der Waals surface area (Å²) in [5.41, 5.74) is 2.83. The maximum absolute atomic E-state index is 12.6. The van der Waals surface area contributed by atoms with Crippen molar-refractivity contribution in [3.63, 3.8) is 0 Å². The topological polar surface area (TPSA) is 47.4 Å².